The molecule has 1 aromatic carbocycles. The van der Waals surface area contributed by atoms with Gasteiger partial charge in [-0.05, 0) is 51.8 Å². The quantitative estimate of drug-likeness (QED) is 0.771. The van der Waals surface area contributed by atoms with Crippen LogP contribution in [0.5, 0.6) is 0 Å². The largest absolute Gasteiger partial charge is 0.315 e. The average molecular weight is 191 g/mol. The Balaban J connectivity index is 2.58. The molecule has 0 saturated heterocycles. The van der Waals surface area contributed by atoms with Crippen LogP contribution in [0.3, 0.4) is 0 Å². The SMILES string of the molecule is CNC(C)(C)CCc1ccccc1C. The van der Waals surface area contributed by atoms with Crippen LogP contribution < -0.4 is 5.32 Å². The lowest BCUT2D eigenvalue weighted by atomic mass is 9.94. The first-order valence-corrected chi connectivity index (χ1v) is 5.28. The van der Waals surface area contributed by atoms with Gasteiger partial charge in [-0.2, -0.15) is 0 Å². The van der Waals surface area contributed by atoms with Crippen molar-refractivity contribution < 1.29 is 0 Å². The summed E-state index contributed by atoms with van der Waals surface area (Å²) in [6.07, 6.45) is 2.33. The molecule has 0 unspecified atom stereocenters. The number of nitrogens with one attached hydrogen (secondary N) is 1. The third-order valence-corrected chi connectivity index (χ3v) is 2.96. The van der Waals surface area contributed by atoms with E-state index in [1.54, 1.807) is 0 Å². The van der Waals surface area contributed by atoms with E-state index in [0.29, 0.717) is 0 Å². The minimum Gasteiger partial charge on any atom is -0.315 e. The normalized spacial score (nSPS) is 11.7. The molecule has 1 aromatic rings. The van der Waals surface area contributed by atoms with Crippen LogP contribution in [0, 0.1) is 6.92 Å². The molecule has 0 spiro atoms. The summed E-state index contributed by atoms with van der Waals surface area (Å²) in [5, 5.41) is 3.33. The number of rotatable bonds is 4. The highest BCUT2D eigenvalue weighted by Gasteiger charge is 2.14. The third kappa shape index (κ3) is 3.15. The Morgan fingerprint density at radius 3 is 2.43 bits per heavy atom. The van der Waals surface area contributed by atoms with E-state index in [0.717, 1.165) is 6.42 Å². The zero-order valence-electron chi connectivity index (χ0n) is 9.72. The number of aryl methyl sites for hydroxylation is 2. The second-order valence-corrected chi connectivity index (χ2v) is 4.56. The van der Waals surface area contributed by atoms with Crippen LogP contribution in [0.4, 0.5) is 0 Å². The molecule has 1 N–H and O–H groups in total. The molecule has 0 fully saturated rings. The van der Waals surface area contributed by atoms with Crippen molar-refractivity contribution in [2.45, 2.75) is 39.2 Å². The highest BCUT2D eigenvalue weighted by Crippen LogP contribution is 2.15. The van der Waals surface area contributed by atoms with Crippen molar-refractivity contribution in [3.05, 3.63) is 35.4 Å². The Labute approximate surface area is 87.5 Å². The predicted octanol–water partition coefficient (Wildman–Crippen LogP) is 2.93. The Kier molecular flexibility index (Phi) is 3.70. The Bertz CT molecular complexity index is 289. The van der Waals surface area contributed by atoms with Gasteiger partial charge in [-0.25, -0.2) is 0 Å². The van der Waals surface area contributed by atoms with E-state index >= 15 is 0 Å². The van der Waals surface area contributed by atoms with Crippen LogP contribution in [-0.4, -0.2) is 12.6 Å². The molecule has 0 amide bonds. The summed E-state index contributed by atoms with van der Waals surface area (Å²) in [7, 11) is 2.03. The molecule has 0 atom stereocenters. The molecule has 1 rings (SSSR count). The first-order chi connectivity index (χ1) is 6.55. The Morgan fingerprint density at radius 1 is 1.21 bits per heavy atom. The molecule has 0 aliphatic rings. The van der Waals surface area contributed by atoms with Crippen molar-refractivity contribution in [1.82, 2.24) is 5.32 Å². The van der Waals surface area contributed by atoms with Crippen molar-refractivity contribution in [2.75, 3.05) is 7.05 Å². The van der Waals surface area contributed by atoms with Gasteiger partial charge in [0.2, 0.25) is 0 Å². The molecular formula is C13H21N. The van der Waals surface area contributed by atoms with Gasteiger partial charge in [-0.1, -0.05) is 24.3 Å². The predicted molar refractivity (Wildman–Crippen MR) is 62.6 cm³/mol. The highest BCUT2D eigenvalue weighted by atomic mass is 14.9. The van der Waals surface area contributed by atoms with Gasteiger partial charge in [0.05, 0.1) is 0 Å². The fraction of sp³-hybridized carbons (Fsp3) is 0.538. The molecule has 1 nitrogen and oxygen atoms in total. The van der Waals surface area contributed by atoms with Crippen molar-refractivity contribution in [3.63, 3.8) is 0 Å². The molecular weight excluding hydrogens is 170 g/mol. The van der Waals surface area contributed by atoms with E-state index < -0.39 is 0 Å². The van der Waals surface area contributed by atoms with Crippen LogP contribution in [0.15, 0.2) is 24.3 Å². The summed E-state index contributed by atoms with van der Waals surface area (Å²) < 4.78 is 0. The maximum atomic E-state index is 3.33. The van der Waals surface area contributed by atoms with E-state index in [9.17, 15) is 0 Å². The van der Waals surface area contributed by atoms with E-state index in [-0.39, 0.29) is 5.54 Å². The molecule has 1 heteroatoms. The standard InChI is InChI=1S/C13H21N/c1-11-7-5-6-8-12(11)9-10-13(2,3)14-4/h5-8,14H,9-10H2,1-4H3. The molecule has 0 heterocycles. The summed E-state index contributed by atoms with van der Waals surface area (Å²) in [5.41, 5.74) is 3.11. The minimum absolute atomic E-state index is 0.238. The third-order valence-electron chi connectivity index (χ3n) is 2.96. The summed E-state index contributed by atoms with van der Waals surface area (Å²) in [6.45, 7) is 6.66. The van der Waals surface area contributed by atoms with E-state index in [1.807, 2.05) is 7.05 Å². The lowest BCUT2D eigenvalue weighted by Crippen LogP contribution is -2.36. The van der Waals surface area contributed by atoms with Gasteiger partial charge in [0, 0.05) is 5.54 Å². The number of hydrogen-bond acceptors (Lipinski definition) is 1. The van der Waals surface area contributed by atoms with Crippen molar-refractivity contribution in [2.24, 2.45) is 0 Å². The monoisotopic (exact) mass is 191 g/mol. The van der Waals surface area contributed by atoms with Crippen molar-refractivity contribution >= 4 is 0 Å². The van der Waals surface area contributed by atoms with Gasteiger partial charge in [-0.3, -0.25) is 0 Å². The molecule has 0 aromatic heterocycles. The lowest BCUT2D eigenvalue weighted by Gasteiger charge is -2.24. The van der Waals surface area contributed by atoms with Gasteiger partial charge in [-0.15, -0.1) is 0 Å². The number of hydrogen-bond donors (Lipinski definition) is 1. The van der Waals surface area contributed by atoms with Gasteiger partial charge in [0.15, 0.2) is 0 Å². The molecule has 0 bridgehead atoms. The van der Waals surface area contributed by atoms with Crippen LogP contribution >= 0.6 is 0 Å². The van der Waals surface area contributed by atoms with E-state index in [1.165, 1.54) is 17.5 Å². The summed E-state index contributed by atoms with van der Waals surface area (Å²) in [5.74, 6) is 0. The molecule has 0 aliphatic carbocycles. The Morgan fingerprint density at radius 2 is 1.86 bits per heavy atom. The first kappa shape index (κ1) is 11.3. The van der Waals surface area contributed by atoms with Crippen molar-refractivity contribution in [1.29, 1.82) is 0 Å². The molecule has 14 heavy (non-hydrogen) atoms. The second kappa shape index (κ2) is 4.61. The smallest absolute Gasteiger partial charge is 0.0125 e. The van der Waals surface area contributed by atoms with Gasteiger partial charge < -0.3 is 5.32 Å². The molecule has 0 radical (unpaired) electrons. The minimum atomic E-state index is 0.238. The summed E-state index contributed by atoms with van der Waals surface area (Å²) in [6, 6.07) is 8.62. The van der Waals surface area contributed by atoms with Crippen LogP contribution in [0.1, 0.15) is 31.4 Å². The maximum absolute atomic E-state index is 3.33. The highest BCUT2D eigenvalue weighted by molar-refractivity contribution is 5.25. The second-order valence-electron chi connectivity index (χ2n) is 4.56. The molecule has 0 aliphatic heterocycles. The maximum Gasteiger partial charge on any atom is 0.0125 e. The topological polar surface area (TPSA) is 12.0 Å². The van der Waals surface area contributed by atoms with Crippen LogP contribution in [-0.2, 0) is 6.42 Å². The Hall–Kier alpha value is -0.820. The zero-order chi connectivity index (χ0) is 10.6. The van der Waals surface area contributed by atoms with E-state index in [2.05, 4.69) is 50.4 Å². The average Bonchev–Trinajstić information content (AvgIpc) is 2.17. The van der Waals surface area contributed by atoms with Crippen LogP contribution in [0.25, 0.3) is 0 Å². The summed E-state index contributed by atoms with van der Waals surface area (Å²) >= 11 is 0. The number of benzene rings is 1. The zero-order valence-corrected chi connectivity index (χ0v) is 9.72. The molecule has 78 valence electrons. The van der Waals surface area contributed by atoms with Crippen molar-refractivity contribution in [3.8, 4) is 0 Å². The fourth-order valence-corrected chi connectivity index (χ4v) is 1.46. The first-order valence-electron chi connectivity index (χ1n) is 5.28. The van der Waals surface area contributed by atoms with Gasteiger partial charge >= 0.3 is 0 Å². The van der Waals surface area contributed by atoms with Gasteiger partial charge in [0.1, 0.15) is 0 Å². The van der Waals surface area contributed by atoms with Gasteiger partial charge in [0.25, 0.3) is 0 Å². The summed E-state index contributed by atoms with van der Waals surface area (Å²) in [4.78, 5) is 0. The lowest BCUT2D eigenvalue weighted by molar-refractivity contribution is 0.393. The van der Waals surface area contributed by atoms with Crippen LogP contribution in [0.2, 0.25) is 0 Å². The van der Waals surface area contributed by atoms with E-state index in [4.69, 9.17) is 0 Å². The molecule has 0 saturated carbocycles. The fourth-order valence-electron chi connectivity index (χ4n) is 1.46.